The van der Waals surface area contributed by atoms with E-state index in [0.29, 0.717) is 26.0 Å². The van der Waals surface area contributed by atoms with Crippen molar-refractivity contribution in [3.05, 3.63) is 30.0 Å². The first-order valence-electron chi connectivity index (χ1n) is 9.21. The van der Waals surface area contributed by atoms with Crippen LogP contribution >= 0.6 is 0 Å². The lowest BCUT2D eigenvalue weighted by Gasteiger charge is -2.37. The molecular weight excluding hydrogens is 346 g/mol. The highest BCUT2D eigenvalue weighted by Crippen LogP contribution is 2.25. The predicted octanol–water partition coefficient (Wildman–Crippen LogP) is 1.72. The van der Waals surface area contributed by atoms with Crippen molar-refractivity contribution >= 4 is 22.7 Å². The van der Waals surface area contributed by atoms with Crippen molar-refractivity contribution in [2.75, 3.05) is 34.4 Å². The van der Waals surface area contributed by atoms with Gasteiger partial charge in [-0.2, -0.15) is 0 Å². The summed E-state index contributed by atoms with van der Waals surface area (Å²) >= 11 is 0. The van der Waals surface area contributed by atoms with Crippen molar-refractivity contribution in [2.24, 2.45) is 5.92 Å². The first kappa shape index (κ1) is 19.2. The number of methoxy groups -OCH3 is 2. The van der Waals surface area contributed by atoms with Crippen LogP contribution in [0.15, 0.2) is 24.4 Å². The van der Waals surface area contributed by atoms with Gasteiger partial charge in [-0.25, -0.2) is 0 Å². The average Bonchev–Trinajstić information content (AvgIpc) is 3.07. The second-order valence-corrected chi connectivity index (χ2v) is 6.94. The number of hydrogen-bond donors (Lipinski definition) is 2. The Morgan fingerprint density at radius 1 is 1.37 bits per heavy atom. The minimum atomic E-state index is -0.240. The van der Waals surface area contributed by atoms with Crippen LogP contribution < -0.4 is 10.1 Å². The van der Waals surface area contributed by atoms with Gasteiger partial charge in [0.1, 0.15) is 5.75 Å². The van der Waals surface area contributed by atoms with Crippen LogP contribution in [0.4, 0.5) is 0 Å². The molecule has 0 bridgehead atoms. The normalized spacial score (nSPS) is 20.1. The van der Waals surface area contributed by atoms with Crippen molar-refractivity contribution in [1.82, 2.24) is 15.2 Å². The molecule has 2 aromatic rings. The summed E-state index contributed by atoms with van der Waals surface area (Å²) in [6.07, 6.45) is 3.65. The van der Waals surface area contributed by atoms with Crippen LogP contribution in [0.2, 0.25) is 0 Å². The number of fused-ring (bicyclic) bond motifs is 1. The number of likely N-dealkylation sites (N-methyl/N-ethyl adjacent to an activating group) is 1. The van der Waals surface area contributed by atoms with Gasteiger partial charge in [0.15, 0.2) is 0 Å². The third-order valence-electron chi connectivity index (χ3n) is 5.37. The number of nitrogens with one attached hydrogen (secondary N) is 2. The highest BCUT2D eigenvalue weighted by atomic mass is 16.5. The number of aromatic amines is 1. The number of carbonyl (C=O) groups is 2. The molecular formula is C20H27N3O4. The minimum Gasteiger partial charge on any atom is -0.497 e. The summed E-state index contributed by atoms with van der Waals surface area (Å²) in [6.45, 7) is 0.902. The summed E-state index contributed by atoms with van der Waals surface area (Å²) in [7, 11) is 4.98. The molecule has 1 saturated heterocycles. The van der Waals surface area contributed by atoms with Gasteiger partial charge < -0.3 is 24.7 Å². The van der Waals surface area contributed by atoms with Gasteiger partial charge in [0, 0.05) is 44.2 Å². The fraction of sp³-hybridized carbons (Fsp3) is 0.500. The lowest BCUT2D eigenvalue weighted by atomic mass is 9.88. The number of H-pyrrole nitrogens is 1. The Bertz CT molecular complexity index is 817. The zero-order valence-corrected chi connectivity index (χ0v) is 16.1. The molecule has 2 amide bonds. The van der Waals surface area contributed by atoms with Crippen LogP contribution in [0.3, 0.4) is 0 Å². The van der Waals surface area contributed by atoms with Gasteiger partial charge in [0.2, 0.25) is 11.8 Å². The Kier molecular flexibility index (Phi) is 6.01. The van der Waals surface area contributed by atoms with E-state index in [1.807, 2.05) is 24.4 Å². The lowest BCUT2D eigenvalue weighted by molar-refractivity contribution is -0.143. The molecule has 7 nitrogen and oxygen atoms in total. The number of aromatic nitrogens is 1. The molecule has 1 aromatic heterocycles. The molecule has 1 aliphatic heterocycles. The topological polar surface area (TPSA) is 83.7 Å². The first-order chi connectivity index (χ1) is 13.0. The largest absolute Gasteiger partial charge is 0.497 e. The summed E-state index contributed by atoms with van der Waals surface area (Å²) in [5.74, 6) is 0.614. The van der Waals surface area contributed by atoms with Gasteiger partial charge in [0.25, 0.3) is 0 Å². The second-order valence-electron chi connectivity index (χ2n) is 6.94. The highest BCUT2D eigenvalue weighted by Gasteiger charge is 2.37. The first-order valence-corrected chi connectivity index (χ1v) is 9.21. The van der Waals surface area contributed by atoms with Gasteiger partial charge in [-0.1, -0.05) is 0 Å². The van der Waals surface area contributed by atoms with Crippen molar-refractivity contribution in [3.8, 4) is 5.75 Å². The van der Waals surface area contributed by atoms with Crippen molar-refractivity contribution in [1.29, 1.82) is 0 Å². The van der Waals surface area contributed by atoms with E-state index in [1.54, 1.807) is 26.2 Å². The number of benzene rings is 1. The molecule has 1 aromatic carbocycles. The zero-order chi connectivity index (χ0) is 19.4. The monoisotopic (exact) mass is 373 g/mol. The Hall–Kier alpha value is -2.54. The molecule has 0 radical (unpaired) electrons. The van der Waals surface area contributed by atoms with Crippen LogP contribution in [0.5, 0.6) is 5.75 Å². The molecule has 1 fully saturated rings. The third kappa shape index (κ3) is 4.08. The minimum absolute atomic E-state index is 0.0196. The molecule has 1 aliphatic rings. The van der Waals surface area contributed by atoms with E-state index in [-0.39, 0.29) is 23.8 Å². The number of piperidine rings is 1. The second kappa shape index (κ2) is 8.43. The van der Waals surface area contributed by atoms with Gasteiger partial charge in [0.05, 0.1) is 25.7 Å². The standard InChI is InChI=1S/C20H27N3O4/c1-23-18(12-26-2)15(5-7-19(23)24)20(25)21-9-8-13-11-22-17-6-4-14(27-3)10-16(13)17/h4,6,10-11,15,18,22H,5,7-9,12H2,1-3H3,(H,21,25)/t15-,18-/m1/s1. The van der Waals surface area contributed by atoms with E-state index in [2.05, 4.69) is 10.3 Å². The number of carbonyl (C=O) groups excluding carboxylic acids is 2. The van der Waals surface area contributed by atoms with Gasteiger partial charge in [-0.15, -0.1) is 0 Å². The van der Waals surface area contributed by atoms with E-state index in [1.165, 1.54) is 0 Å². The SMILES string of the molecule is COC[C@@H]1[C@H](C(=O)NCCc2c[nH]c3ccc(OC)cc23)CCC(=O)N1C. The molecule has 0 spiro atoms. The summed E-state index contributed by atoms with van der Waals surface area (Å²) in [5.41, 5.74) is 2.18. The summed E-state index contributed by atoms with van der Waals surface area (Å²) in [6, 6.07) is 5.69. The smallest absolute Gasteiger partial charge is 0.225 e. The van der Waals surface area contributed by atoms with E-state index in [4.69, 9.17) is 9.47 Å². The molecule has 0 saturated carbocycles. The van der Waals surface area contributed by atoms with Gasteiger partial charge in [-0.05, 0) is 36.6 Å². The zero-order valence-electron chi connectivity index (χ0n) is 16.1. The number of hydrogen-bond acceptors (Lipinski definition) is 4. The van der Waals surface area contributed by atoms with Crippen LogP contribution in [0.1, 0.15) is 18.4 Å². The van der Waals surface area contributed by atoms with Gasteiger partial charge >= 0.3 is 0 Å². The quantitative estimate of drug-likeness (QED) is 0.774. The van der Waals surface area contributed by atoms with Crippen molar-refractivity contribution in [3.63, 3.8) is 0 Å². The number of nitrogens with zero attached hydrogens (tertiary/aromatic N) is 1. The molecule has 7 heteroatoms. The van der Waals surface area contributed by atoms with Crippen molar-refractivity contribution < 1.29 is 19.1 Å². The molecule has 2 atom stereocenters. The molecule has 2 N–H and O–H groups in total. The summed E-state index contributed by atoms with van der Waals surface area (Å²) in [5, 5.41) is 4.13. The molecule has 2 heterocycles. The summed E-state index contributed by atoms with van der Waals surface area (Å²) in [4.78, 5) is 29.5. The molecule has 0 unspecified atom stereocenters. The fourth-order valence-corrected chi connectivity index (χ4v) is 3.75. The van der Waals surface area contributed by atoms with Crippen LogP contribution in [-0.2, 0) is 20.7 Å². The van der Waals surface area contributed by atoms with E-state index < -0.39 is 0 Å². The van der Waals surface area contributed by atoms with E-state index in [9.17, 15) is 9.59 Å². The lowest BCUT2D eigenvalue weighted by Crippen LogP contribution is -2.53. The predicted molar refractivity (Wildman–Crippen MR) is 103 cm³/mol. The van der Waals surface area contributed by atoms with Crippen LogP contribution in [0, 0.1) is 5.92 Å². The maximum atomic E-state index is 12.7. The third-order valence-corrected chi connectivity index (χ3v) is 5.37. The Morgan fingerprint density at radius 3 is 2.93 bits per heavy atom. The number of amides is 2. The Morgan fingerprint density at radius 2 is 2.19 bits per heavy atom. The molecule has 27 heavy (non-hydrogen) atoms. The van der Waals surface area contributed by atoms with Gasteiger partial charge in [-0.3, -0.25) is 9.59 Å². The average molecular weight is 373 g/mol. The number of rotatable bonds is 7. The van der Waals surface area contributed by atoms with Crippen LogP contribution in [0.25, 0.3) is 10.9 Å². The molecule has 0 aliphatic carbocycles. The fourth-order valence-electron chi connectivity index (χ4n) is 3.75. The van der Waals surface area contributed by atoms with E-state index in [0.717, 1.165) is 28.6 Å². The van der Waals surface area contributed by atoms with Crippen LogP contribution in [-0.4, -0.2) is 62.2 Å². The number of ether oxygens (including phenoxy) is 2. The highest BCUT2D eigenvalue weighted by molar-refractivity contribution is 5.86. The number of likely N-dealkylation sites (tertiary alicyclic amines) is 1. The maximum Gasteiger partial charge on any atom is 0.225 e. The maximum absolute atomic E-state index is 12.7. The molecule has 146 valence electrons. The Labute approximate surface area is 159 Å². The van der Waals surface area contributed by atoms with Crippen molar-refractivity contribution in [2.45, 2.75) is 25.3 Å². The molecule has 3 rings (SSSR count). The van der Waals surface area contributed by atoms with E-state index >= 15 is 0 Å². The Balaban J connectivity index is 1.61. The summed E-state index contributed by atoms with van der Waals surface area (Å²) < 4.78 is 10.5.